The predicted molar refractivity (Wildman–Crippen MR) is 173 cm³/mol. The molecule has 2 amide bonds. The van der Waals surface area contributed by atoms with Gasteiger partial charge < -0.3 is 25.4 Å². The molecule has 0 spiro atoms. The van der Waals surface area contributed by atoms with Crippen molar-refractivity contribution >= 4 is 63.0 Å². The number of hydrogen-bond donors (Lipinski definition) is 3. The fourth-order valence-electron chi connectivity index (χ4n) is 5.46. The highest BCUT2D eigenvalue weighted by Crippen LogP contribution is 2.33. The molecule has 3 aromatic carbocycles. The number of carbonyl (C=O) groups excluding carboxylic acids is 2. The Kier molecular flexibility index (Phi) is 8.67. The maximum absolute atomic E-state index is 15.4. The lowest BCUT2D eigenvalue weighted by molar-refractivity contribution is -0.118. The first kappa shape index (κ1) is 29.5. The first-order chi connectivity index (χ1) is 21.4. The van der Waals surface area contributed by atoms with Crippen LogP contribution in [0.3, 0.4) is 0 Å². The standard InChI is InChI=1S/C33H29Cl2FN6O2/c34-26-5-3-7-30(31(26)35)42-16-14-41(15-17-42)23-8-9-25(27(36)19-23)32(43)40-29(33(44)39-22-10-12-37-13-11-22)18-21-20-38-28-6-2-1-4-24(21)28/h1-13,19-20,29,38H,14-18H2,(H,40,43)(H,37,39,44). The van der Waals surface area contributed by atoms with Gasteiger partial charge in [0.2, 0.25) is 5.91 Å². The third-order valence-electron chi connectivity index (χ3n) is 7.78. The Balaban J connectivity index is 1.16. The maximum atomic E-state index is 15.4. The Morgan fingerprint density at radius 2 is 1.68 bits per heavy atom. The van der Waals surface area contributed by atoms with E-state index in [1.807, 2.05) is 42.6 Å². The highest BCUT2D eigenvalue weighted by molar-refractivity contribution is 6.43. The van der Waals surface area contributed by atoms with Crippen LogP contribution in [0.25, 0.3) is 10.9 Å². The highest BCUT2D eigenvalue weighted by atomic mass is 35.5. The SMILES string of the molecule is O=C(NC(Cc1c[nH]c2ccccc12)C(=O)Nc1ccncc1)c1ccc(N2CCN(c3cccc(Cl)c3Cl)CC2)cc1F. The van der Waals surface area contributed by atoms with Crippen molar-refractivity contribution in [1.29, 1.82) is 0 Å². The van der Waals surface area contributed by atoms with E-state index in [9.17, 15) is 9.59 Å². The summed E-state index contributed by atoms with van der Waals surface area (Å²) in [7, 11) is 0. The van der Waals surface area contributed by atoms with Gasteiger partial charge >= 0.3 is 0 Å². The second-order valence-corrected chi connectivity index (χ2v) is 11.3. The van der Waals surface area contributed by atoms with Crippen LogP contribution in [-0.2, 0) is 11.2 Å². The summed E-state index contributed by atoms with van der Waals surface area (Å²) in [6.45, 7) is 2.61. The molecule has 11 heteroatoms. The summed E-state index contributed by atoms with van der Waals surface area (Å²) in [5.74, 6) is -1.77. The van der Waals surface area contributed by atoms with Gasteiger partial charge in [-0.15, -0.1) is 0 Å². The Morgan fingerprint density at radius 1 is 0.932 bits per heavy atom. The summed E-state index contributed by atoms with van der Waals surface area (Å²) < 4.78 is 15.4. The number of halogens is 3. The van der Waals surface area contributed by atoms with Crippen molar-refractivity contribution in [3.63, 3.8) is 0 Å². The van der Waals surface area contributed by atoms with Gasteiger partial charge in [-0.05, 0) is 54.1 Å². The number of aromatic nitrogens is 2. The molecule has 1 aliphatic rings. The molecule has 0 bridgehead atoms. The zero-order chi connectivity index (χ0) is 30.6. The lowest BCUT2D eigenvalue weighted by Crippen LogP contribution is -2.47. The van der Waals surface area contributed by atoms with Gasteiger partial charge in [0.15, 0.2) is 0 Å². The third kappa shape index (κ3) is 6.34. The number of hydrogen-bond acceptors (Lipinski definition) is 5. The normalized spacial score (nSPS) is 14.0. The summed E-state index contributed by atoms with van der Waals surface area (Å²) in [4.78, 5) is 38.1. The summed E-state index contributed by atoms with van der Waals surface area (Å²) in [5, 5.41) is 7.55. The van der Waals surface area contributed by atoms with Crippen molar-refractivity contribution in [2.24, 2.45) is 0 Å². The lowest BCUT2D eigenvalue weighted by atomic mass is 10.0. The van der Waals surface area contributed by atoms with E-state index in [0.717, 1.165) is 22.2 Å². The molecular formula is C33H29Cl2FN6O2. The largest absolute Gasteiger partial charge is 0.368 e. The molecule has 0 aliphatic carbocycles. The van der Waals surface area contributed by atoms with Gasteiger partial charge in [0.05, 0.1) is 21.3 Å². The minimum Gasteiger partial charge on any atom is -0.368 e. The van der Waals surface area contributed by atoms with Crippen molar-refractivity contribution in [3.8, 4) is 0 Å². The van der Waals surface area contributed by atoms with Crippen LogP contribution in [0.5, 0.6) is 0 Å². The van der Waals surface area contributed by atoms with Gasteiger partial charge in [-0.1, -0.05) is 47.5 Å². The number of piperazine rings is 1. The number of nitrogens with one attached hydrogen (secondary N) is 3. The number of H-pyrrole nitrogens is 1. The van der Waals surface area contributed by atoms with Gasteiger partial charge in [0.1, 0.15) is 11.9 Å². The molecule has 224 valence electrons. The van der Waals surface area contributed by atoms with Gasteiger partial charge in [-0.2, -0.15) is 0 Å². The second-order valence-electron chi connectivity index (χ2n) is 10.5. The minimum atomic E-state index is -0.972. The lowest BCUT2D eigenvalue weighted by Gasteiger charge is -2.37. The van der Waals surface area contributed by atoms with E-state index < -0.39 is 23.7 Å². The van der Waals surface area contributed by atoms with Crippen LogP contribution >= 0.6 is 23.2 Å². The Bertz CT molecular complexity index is 1810. The number of fused-ring (bicyclic) bond motifs is 1. The highest BCUT2D eigenvalue weighted by Gasteiger charge is 2.26. The summed E-state index contributed by atoms with van der Waals surface area (Å²) in [6, 6.07) is 20.2. The smallest absolute Gasteiger partial charge is 0.254 e. The molecule has 2 aromatic heterocycles. The van der Waals surface area contributed by atoms with Crippen LogP contribution in [0.15, 0.2) is 91.4 Å². The summed E-state index contributed by atoms with van der Waals surface area (Å²) >= 11 is 12.6. The zero-order valence-electron chi connectivity index (χ0n) is 23.6. The van der Waals surface area contributed by atoms with Crippen LogP contribution in [0.2, 0.25) is 10.0 Å². The molecule has 1 saturated heterocycles. The Labute approximate surface area is 263 Å². The predicted octanol–water partition coefficient (Wildman–Crippen LogP) is 6.32. The number of amides is 2. The molecule has 1 atom stereocenters. The van der Waals surface area contributed by atoms with Gasteiger partial charge in [-0.3, -0.25) is 14.6 Å². The van der Waals surface area contributed by atoms with Crippen molar-refractivity contribution in [2.45, 2.75) is 12.5 Å². The fourth-order valence-corrected chi connectivity index (χ4v) is 5.87. The molecule has 1 unspecified atom stereocenters. The molecule has 6 rings (SSSR count). The van der Waals surface area contributed by atoms with E-state index >= 15 is 4.39 Å². The molecular weight excluding hydrogens is 602 g/mol. The maximum Gasteiger partial charge on any atom is 0.254 e. The van der Waals surface area contributed by atoms with Crippen molar-refractivity contribution in [2.75, 3.05) is 41.3 Å². The summed E-state index contributed by atoms with van der Waals surface area (Å²) in [5.41, 5.74) is 3.70. The van der Waals surface area contributed by atoms with Crippen LogP contribution < -0.4 is 20.4 Å². The number of pyridine rings is 1. The van der Waals surface area contributed by atoms with E-state index in [-0.39, 0.29) is 12.0 Å². The van der Waals surface area contributed by atoms with Crippen molar-refractivity contribution in [3.05, 3.63) is 118 Å². The monoisotopic (exact) mass is 630 g/mol. The van der Waals surface area contributed by atoms with Crippen LogP contribution in [-0.4, -0.2) is 54.0 Å². The number of para-hydroxylation sites is 1. The first-order valence-corrected chi connectivity index (χ1v) is 14.9. The topological polar surface area (TPSA) is 93.4 Å². The Hall–Kier alpha value is -4.60. The second kappa shape index (κ2) is 13.0. The molecule has 1 fully saturated rings. The number of aromatic amines is 1. The molecule has 3 heterocycles. The number of benzene rings is 3. The molecule has 1 aliphatic heterocycles. The average molecular weight is 632 g/mol. The molecule has 3 N–H and O–H groups in total. The van der Waals surface area contributed by atoms with Gasteiger partial charge in [0.25, 0.3) is 5.91 Å². The number of anilines is 3. The van der Waals surface area contributed by atoms with Gasteiger partial charge in [-0.25, -0.2) is 4.39 Å². The number of rotatable bonds is 8. The van der Waals surface area contributed by atoms with Crippen LogP contribution in [0.4, 0.5) is 21.5 Å². The number of carbonyl (C=O) groups is 2. The molecule has 44 heavy (non-hydrogen) atoms. The van der Waals surface area contributed by atoms with Crippen LogP contribution in [0, 0.1) is 5.82 Å². The van der Waals surface area contributed by atoms with E-state index in [0.29, 0.717) is 47.6 Å². The Morgan fingerprint density at radius 3 is 2.45 bits per heavy atom. The molecule has 5 aromatic rings. The van der Waals surface area contributed by atoms with Crippen LogP contribution in [0.1, 0.15) is 15.9 Å². The quantitative estimate of drug-likeness (QED) is 0.187. The summed E-state index contributed by atoms with van der Waals surface area (Å²) in [6.07, 6.45) is 5.14. The molecule has 0 radical (unpaired) electrons. The first-order valence-electron chi connectivity index (χ1n) is 14.2. The molecule has 0 saturated carbocycles. The van der Waals surface area contributed by atoms with E-state index in [1.54, 1.807) is 36.7 Å². The van der Waals surface area contributed by atoms with Crippen molar-refractivity contribution in [1.82, 2.24) is 15.3 Å². The fraction of sp³-hybridized carbons (Fsp3) is 0.182. The molecule has 8 nitrogen and oxygen atoms in total. The average Bonchev–Trinajstić information content (AvgIpc) is 3.45. The third-order valence-corrected chi connectivity index (χ3v) is 8.59. The van der Waals surface area contributed by atoms with E-state index in [2.05, 4.69) is 30.4 Å². The van der Waals surface area contributed by atoms with Gasteiger partial charge in [0, 0.05) is 73.5 Å². The minimum absolute atomic E-state index is 0.140. The van der Waals surface area contributed by atoms with Crippen molar-refractivity contribution < 1.29 is 14.0 Å². The zero-order valence-corrected chi connectivity index (χ0v) is 25.1. The number of nitrogens with zero attached hydrogens (tertiary/aromatic N) is 3. The van der Waals surface area contributed by atoms with E-state index in [4.69, 9.17) is 23.2 Å². The van der Waals surface area contributed by atoms with E-state index in [1.165, 1.54) is 12.1 Å².